The zero-order chi connectivity index (χ0) is 9.80. The summed E-state index contributed by atoms with van der Waals surface area (Å²) in [4.78, 5) is 11.2. The van der Waals surface area contributed by atoms with Gasteiger partial charge >= 0.3 is 0 Å². The number of aromatic amines is 1. The summed E-state index contributed by atoms with van der Waals surface area (Å²) >= 11 is 1.62. The molecule has 0 saturated carbocycles. The SMILES string of the molecule is CC(NCc1cnc[nH]1)c1cscn1. The van der Waals surface area contributed by atoms with Gasteiger partial charge in [-0.2, -0.15) is 0 Å². The van der Waals surface area contributed by atoms with Crippen LogP contribution in [0.3, 0.4) is 0 Å². The summed E-state index contributed by atoms with van der Waals surface area (Å²) in [7, 11) is 0. The van der Waals surface area contributed by atoms with Crippen LogP contribution in [0.1, 0.15) is 24.4 Å². The maximum absolute atomic E-state index is 4.25. The van der Waals surface area contributed by atoms with E-state index in [9.17, 15) is 0 Å². The lowest BCUT2D eigenvalue weighted by Gasteiger charge is -2.09. The van der Waals surface area contributed by atoms with Gasteiger partial charge in [-0.05, 0) is 6.92 Å². The van der Waals surface area contributed by atoms with Crippen LogP contribution in [0.25, 0.3) is 0 Å². The molecule has 0 spiro atoms. The first kappa shape index (κ1) is 9.36. The molecule has 14 heavy (non-hydrogen) atoms. The molecular formula is C9H12N4S. The van der Waals surface area contributed by atoms with Gasteiger partial charge in [0.25, 0.3) is 0 Å². The molecule has 74 valence electrons. The number of nitrogens with one attached hydrogen (secondary N) is 2. The van der Waals surface area contributed by atoms with Gasteiger partial charge in [-0.25, -0.2) is 9.97 Å². The van der Waals surface area contributed by atoms with E-state index in [2.05, 4.69) is 32.6 Å². The second-order valence-corrected chi connectivity index (χ2v) is 3.81. The highest BCUT2D eigenvalue weighted by molar-refractivity contribution is 7.07. The van der Waals surface area contributed by atoms with Crippen LogP contribution in [0.2, 0.25) is 0 Å². The van der Waals surface area contributed by atoms with Gasteiger partial charge in [-0.15, -0.1) is 11.3 Å². The number of H-pyrrole nitrogens is 1. The van der Waals surface area contributed by atoms with Crippen molar-refractivity contribution in [1.82, 2.24) is 20.3 Å². The van der Waals surface area contributed by atoms with Crippen molar-refractivity contribution in [1.29, 1.82) is 0 Å². The lowest BCUT2D eigenvalue weighted by Crippen LogP contribution is -2.18. The molecule has 2 heterocycles. The van der Waals surface area contributed by atoms with Crippen LogP contribution < -0.4 is 5.32 Å². The van der Waals surface area contributed by atoms with E-state index in [1.54, 1.807) is 17.7 Å². The van der Waals surface area contributed by atoms with Gasteiger partial charge in [0.05, 0.1) is 17.5 Å². The second-order valence-electron chi connectivity index (χ2n) is 3.09. The normalized spacial score (nSPS) is 12.9. The van der Waals surface area contributed by atoms with Gasteiger partial charge in [0, 0.05) is 29.9 Å². The number of nitrogens with zero attached hydrogens (tertiary/aromatic N) is 2. The Labute approximate surface area is 86.4 Å². The van der Waals surface area contributed by atoms with Gasteiger partial charge in [-0.1, -0.05) is 0 Å². The lowest BCUT2D eigenvalue weighted by molar-refractivity contribution is 0.559. The number of thiazole rings is 1. The molecule has 4 nitrogen and oxygen atoms in total. The average molecular weight is 208 g/mol. The summed E-state index contributed by atoms with van der Waals surface area (Å²) in [5.74, 6) is 0. The predicted molar refractivity (Wildman–Crippen MR) is 56.0 cm³/mol. The van der Waals surface area contributed by atoms with Crippen LogP contribution in [-0.4, -0.2) is 15.0 Å². The van der Waals surface area contributed by atoms with Crippen molar-refractivity contribution >= 4 is 11.3 Å². The third-order valence-corrected chi connectivity index (χ3v) is 2.65. The fourth-order valence-electron chi connectivity index (χ4n) is 1.18. The van der Waals surface area contributed by atoms with Crippen LogP contribution in [-0.2, 0) is 6.54 Å². The smallest absolute Gasteiger partial charge is 0.0922 e. The molecule has 0 saturated heterocycles. The third kappa shape index (κ3) is 2.18. The summed E-state index contributed by atoms with van der Waals surface area (Å²) < 4.78 is 0. The Morgan fingerprint density at radius 2 is 2.57 bits per heavy atom. The molecule has 2 aromatic heterocycles. The van der Waals surface area contributed by atoms with Crippen molar-refractivity contribution in [3.05, 3.63) is 34.8 Å². The summed E-state index contributed by atoms with van der Waals surface area (Å²) in [6.45, 7) is 2.89. The molecule has 0 aromatic carbocycles. The Bertz CT molecular complexity index is 354. The summed E-state index contributed by atoms with van der Waals surface area (Å²) in [6.07, 6.45) is 3.51. The molecule has 0 radical (unpaired) electrons. The highest BCUT2D eigenvalue weighted by Crippen LogP contribution is 2.11. The topological polar surface area (TPSA) is 53.6 Å². The van der Waals surface area contributed by atoms with Crippen LogP contribution in [0.5, 0.6) is 0 Å². The number of hydrogen-bond acceptors (Lipinski definition) is 4. The molecule has 2 N–H and O–H groups in total. The van der Waals surface area contributed by atoms with E-state index in [1.165, 1.54) is 0 Å². The molecule has 5 heteroatoms. The minimum atomic E-state index is 0.282. The molecule has 0 fully saturated rings. The number of aromatic nitrogens is 3. The Morgan fingerprint density at radius 3 is 3.21 bits per heavy atom. The Hall–Kier alpha value is -1.20. The maximum atomic E-state index is 4.25. The molecular weight excluding hydrogens is 196 g/mol. The van der Waals surface area contributed by atoms with Gasteiger partial charge in [0.2, 0.25) is 0 Å². The van der Waals surface area contributed by atoms with Crippen molar-refractivity contribution in [2.24, 2.45) is 0 Å². The van der Waals surface area contributed by atoms with E-state index in [-0.39, 0.29) is 6.04 Å². The largest absolute Gasteiger partial charge is 0.347 e. The Morgan fingerprint density at radius 1 is 1.64 bits per heavy atom. The molecule has 2 aromatic rings. The van der Waals surface area contributed by atoms with Crippen molar-refractivity contribution in [2.75, 3.05) is 0 Å². The van der Waals surface area contributed by atoms with Crippen molar-refractivity contribution in [3.63, 3.8) is 0 Å². The molecule has 0 amide bonds. The van der Waals surface area contributed by atoms with Crippen molar-refractivity contribution in [2.45, 2.75) is 19.5 Å². The van der Waals surface area contributed by atoms with Crippen molar-refractivity contribution < 1.29 is 0 Å². The second kappa shape index (κ2) is 4.34. The van der Waals surface area contributed by atoms with Gasteiger partial charge in [-0.3, -0.25) is 0 Å². The van der Waals surface area contributed by atoms with E-state index >= 15 is 0 Å². The average Bonchev–Trinajstić information content (AvgIpc) is 2.87. The van der Waals surface area contributed by atoms with E-state index in [1.807, 2.05) is 11.7 Å². The highest BCUT2D eigenvalue weighted by atomic mass is 32.1. The fraction of sp³-hybridized carbons (Fsp3) is 0.333. The van der Waals surface area contributed by atoms with E-state index in [4.69, 9.17) is 0 Å². The fourth-order valence-corrected chi connectivity index (χ4v) is 1.83. The first-order valence-electron chi connectivity index (χ1n) is 4.45. The standard InChI is InChI=1S/C9H12N4S/c1-7(9-4-14-6-13-9)11-3-8-2-10-5-12-8/h2,4-7,11H,3H2,1H3,(H,10,12). The monoisotopic (exact) mass is 208 g/mol. The number of rotatable bonds is 4. The van der Waals surface area contributed by atoms with Crippen LogP contribution in [0, 0.1) is 0 Å². The van der Waals surface area contributed by atoms with Crippen LogP contribution in [0.15, 0.2) is 23.4 Å². The quantitative estimate of drug-likeness (QED) is 0.804. The molecule has 0 aliphatic heterocycles. The summed E-state index contributed by atoms with van der Waals surface area (Å²) in [5.41, 5.74) is 4.03. The Balaban J connectivity index is 1.87. The summed E-state index contributed by atoms with van der Waals surface area (Å²) in [5, 5.41) is 5.42. The molecule has 2 rings (SSSR count). The molecule has 1 atom stereocenters. The predicted octanol–water partition coefficient (Wildman–Crippen LogP) is 1.72. The minimum absolute atomic E-state index is 0.282. The highest BCUT2D eigenvalue weighted by Gasteiger charge is 2.06. The third-order valence-electron chi connectivity index (χ3n) is 2.05. The number of imidazole rings is 1. The van der Waals surface area contributed by atoms with Crippen LogP contribution >= 0.6 is 11.3 Å². The van der Waals surface area contributed by atoms with Gasteiger partial charge in [0.15, 0.2) is 0 Å². The molecule has 0 bridgehead atoms. The van der Waals surface area contributed by atoms with Crippen LogP contribution in [0.4, 0.5) is 0 Å². The zero-order valence-corrected chi connectivity index (χ0v) is 8.71. The first-order chi connectivity index (χ1) is 6.86. The van der Waals surface area contributed by atoms with E-state index < -0.39 is 0 Å². The lowest BCUT2D eigenvalue weighted by atomic mass is 10.2. The number of hydrogen-bond donors (Lipinski definition) is 2. The van der Waals surface area contributed by atoms with Crippen molar-refractivity contribution in [3.8, 4) is 0 Å². The van der Waals surface area contributed by atoms with Gasteiger partial charge in [0.1, 0.15) is 0 Å². The van der Waals surface area contributed by atoms with Gasteiger partial charge < -0.3 is 10.3 Å². The van der Waals surface area contributed by atoms with E-state index in [0.29, 0.717) is 0 Å². The summed E-state index contributed by atoms with van der Waals surface area (Å²) in [6, 6.07) is 0.282. The minimum Gasteiger partial charge on any atom is -0.347 e. The zero-order valence-electron chi connectivity index (χ0n) is 7.90. The molecule has 0 aliphatic rings. The maximum Gasteiger partial charge on any atom is 0.0922 e. The molecule has 0 aliphatic carbocycles. The Kier molecular flexibility index (Phi) is 2.90. The van der Waals surface area contributed by atoms with E-state index in [0.717, 1.165) is 17.9 Å². The molecule has 1 unspecified atom stereocenters. The first-order valence-corrected chi connectivity index (χ1v) is 5.39.